The van der Waals surface area contributed by atoms with E-state index in [1.54, 1.807) is 7.11 Å². The van der Waals surface area contributed by atoms with Crippen molar-refractivity contribution in [1.82, 2.24) is 4.90 Å². The maximum absolute atomic E-state index is 11.6. The molecule has 1 fully saturated rings. The molecule has 90 valence electrons. The summed E-state index contributed by atoms with van der Waals surface area (Å²) < 4.78 is 5.18. The fraction of sp³-hybridized carbons (Fsp3) is 0.727. The Morgan fingerprint density at radius 1 is 1.25 bits per heavy atom. The van der Waals surface area contributed by atoms with Crippen LogP contribution in [0.4, 0.5) is 0 Å². The van der Waals surface area contributed by atoms with E-state index < -0.39 is 17.7 Å². The third kappa shape index (κ3) is 2.66. The first-order valence-electron chi connectivity index (χ1n) is 5.32. The lowest BCUT2D eigenvalue weighted by atomic mass is 9.96. The molecule has 0 N–H and O–H groups in total. The molecule has 0 saturated carbocycles. The number of hydrogen-bond acceptors (Lipinski definition) is 4. The van der Waals surface area contributed by atoms with Gasteiger partial charge in [-0.1, -0.05) is 0 Å². The van der Waals surface area contributed by atoms with E-state index in [-0.39, 0.29) is 11.9 Å². The molecule has 1 rings (SSSR count). The van der Waals surface area contributed by atoms with Gasteiger partial charge >= 0.3 is 0 Å². The molecule has 0 aromatic heterocycles. The van der Waals surface area contributed by atoms with Crippen LogP contribution < -0.4 is 0 Å². The van der Waals surface area contributed by atoms with Crippen molar-refractivity contribution in [2.75, 3.05) is 13.7 Å². The minimum Gasteiger partial charge on any atom is -0.381 e. The minimum atomic E-state index is -0.574. The van der Waals surface area contributed by atoms with Gasteiger partial charge in [0, 0.05) is 27.0 Å². The van der Waals surface area contributed by atoms with Gasteiger partial charge in [-0.05, 0) is 13.3 Å². The number of rotatable bonds is 3. The quantitative estimate of drug-likeness (QED) is 0.645. The van der Waals surface area contributed by atoms with E-state index in [0.717, 1.165) is 0 Å². The first kappa shape index (κ1) is 12.8. The van der Waals surface area contributed by atoms with E-state index in [4.69, 9.17) is 4.74 Å². The van der Waals surface area contributed by atoms with Gasteiger partial charge in [-0.15, -0.1) is 0 Å². The largest absolute Gasteiger partial charge is 0.381 e. The van der Waals surface area contributed by atoms with Gasteiger partial charge in [-0.25, -0.2) is 0 Å². The summed E-state index contributed by atoms with van der Waals surface area (Å²) in [4.78, 5) is 35.4. The maximum atomic E-state index is 11.6. The lowest BCUT2D eigenvalue weighted by molar-refractivity contribution is -0.150. The normalized spacial score (nSPS) is 25.3. The summed E-state index contributed by atoms with van der Waals surface area (Å²) in [5.41, 5.74) is 0. The third-order valence-electron chi connectivity index (χ3n) is 2.92. The van der Waals surface area contributed by atoms with Crippen LogP contribution in [0.15, 0.2) is 0 Å². The van der Waals surface area contributed by atoms with Crippen LogP contribution in [0.1, 0.15) is 26.7 Å². The predicted molar refractivity (Wildman–Crippen MR) is 56.9 cm³/mol. The average molecular weight is 227 g/mol. The van der Waals surface area contributed by atoms with Crippen molar-refractivity contribution >= 4 is 17.5 Å². The molecule has 1 saturated heterocycles. The zero-order valence-electron chi connectivity index (χ0n) is 9.86. The predicted octanol–water partition coefficient (Wildman–Crippen LogP) is 0.170. The Morgan fingerprint density at radius 3 is 2.31 bits per heavy atom. The molecular weight excluding hydrogens is 210 g/mol. The SMILES string of the molecule is COC1CCN(C(=O)C(C)=O)C(C(C)=O)C1. The van der Waals surface area contributed by atoms with Gasteiger partial charge in [0.05, 0.1) is 12.1 Å². The number of carbonyl (C=O) groups is 3. The summed E-state index contributed by atoms with van der Waals surface area (Å²) in [6.07, 6.45) is 1.13. The van der Waals surface area contributed by atoms with Crippen molar-refractivity contribution in [2.45, 2.75) is 38.8 Å². The smallest absolute Gasteiger partial charge is 0.290 e. The highest BCUT2D eigenvalue weighted by Crippen LogP contribution is 2.20. The molecule has 1 aliphatic rings. The molecule has 1 heterocycles. The molecule has 0 bridgehead atoms. The number of hydrogen-bond donors (Lipinski definition) is 0. The fourth-order valence-corrected chi connectivity index (χ4v) is 1.98. The molecule has 0 spiro atoms. The number of likely N-dealkylation sites (tertiary alicyclic amines) is 1. The molecule has 2 unspecified atom stereocenters. The van der Waals surface area contributed by atoms with E-state index in [9.17, 15) is 14.4 Å². The Morgan fingerprint density at radius 2 is 1.88 bits per heavy atom. The van der Waals surface area contributed by atoms with E-state index >= 15 is 0 Å². The molecule has 1 amide bonds. The number of ether oxygens (including phenoxy) is 1. The molecule has 5 heteroatoms. The lowest BCUT2D eigenvalue weighted by Gasteiger charge is -2.37. The highest BCUT2D eigenvalue weighted by Gasteiger charge is 2.35. The Kier molecular flexibility index (Phi) is 4.18. The number of nitrogens with zero attached hydrogens (tertiary/aromatic N) is 1. The molecule has 0 radical (unpaired) electrons. The fourth-order valence-electron chi connectivity index (χ4n) is 1.98. The zero-order valence-corrected chi connectivity index (χ0v) is 9.86. The Labute approximate surface area is 94.7 Å². The highest BCUT2D eigenvalue weighted by molar-refractivity contribution is 6.35. The second-order valence-electron chi connectivity index (χ2n) is 4.06. The van der Waals surface area contributed by atoms with E-state index in [1.165, 1.54) is 18.7 Å². The summed E-state index contributed by atoms with van der Waals surface area (Å²) in [6, 6.07) is -0.518. The molecule has 0 aromatic rings. The van der Waals surface area contributed by atoms with E-state index in [1.807, 2.05) is 0 Å². The molecular formula is C11H17NO4. The third-order valence-corrected chi connectivity index (χ3v) is 2.92. The number of Topliss-reactive ketones (excluding diaryl/α,β-unsaturated/α-hetero) is 2. The maximum Gasteiger partial charge on any atom is 0.290 e. The zero-order chi connectivity index (χ0) is 12.3. The Bertz CT molecular complexity index is 313. The summed E-state index contributed by atoms with van der Waals surface area (Å²) in [5.74, 6) is -1.20. The Hall–Kier alpha value is -1.23. The number of methoxy groups -OCH3 is 1. The van der Waals surface area contributed by atoms with Crippen LogP contribution in [0.2, 0.25) is 0 Å². The van der Waals surface area contributed by atoms with Crippen LogP contribution in [-0.4, -0.2) is 48.2 Å². The van der Waals surface area contributed by atoms with Crippen LogP contribution in [0, 0.1) is 0 Å². The van der Waals surface area contributed by atoms with Crippen molar-refractivity contribution in [3.8, 4) is 0 Å². The van der Waals surface area contributed by atoms with Gasteiger partial charge in [0.2, 0.25) is 5.78 Å². The van der Waals surface area contributed by atoms with E-state index in [0.29, 0.717) is 19.4 Å². The van der Waals surface area contributed by atoms with Gasteiger partial charge in [0.1, 0.15) is 0 Å². The van der Waals surface area contributed by atoms with Gasteiger partial charge in [0.25, 0.3) is 5.91 Å². The standard InChI is InChI=1S/C11H17NO4/c1-7(13)10-6-9(16-3)4-5-12(10)11(15)8(2)14/h9-10H,4-6H2,1-3H3. The van der Waals surface area contributed by atoms with Gasteiger partial charge < -0.3 is 9.64 Å². The van der Waals surface area contributed by atoms with Crippen LogP contribution in [0.5, 0.6) is 0 Å². The van der Waals surface area contributed by atoms with Crippen molar-refractivity contribution in [3.63, 3.8) is 0 Å². The van der Waals surface area contributed by atoms with Crippen molar-refractivity contribution < 1.29 is 19.1 Å². The molecule has 16 heavy (non-hydrogen) atoms. The molecule has 2 atom stereocenters. The number of piperidine rings is 1. The lowest BCUT2D eigenvalue weighted by Crippen LogP contribution is -2.52. The van der Waals surface area contributed by atoms with Crippen LogP contribution in [0.25, 0.3) is 0 Å². The molecule has 5 nitrogen and oxygen atoms in total. The topological polar surface area (TPSA) is 63.7 Å². The summed E-state index contributed by atoms with van der Waals surface area (Å²) in [7, 11) is 1.59. The first-order valence-corrected chi connectivity index (χ1v) is 5.32. The van der Waals surface area contributed by atoms with Crippen molar-refractivity contribution in [3.05, 3.63) is 0 Å². The van der Waals surface area contributed by atoms with Crippen molar-refractivity contribution in [2.24, 2.45) is 0 Å². The average Bonchev–Trinajstić information content (AvgIpc) is 2.26. The summed E-state index contributed by atoms with van der Waals surface area (Å²) in [5, 5.41) is 0. The van der Waals surface area contributed by atoms with Crippen LogP contribution in [-0.2, 0) is 19.1 Å². The Balaban J connectivity index is 2.80. The number of carbonyl (C=O) groups excluding carboxylic acids is 3. The van der Waals surface area contributed by atoms with Crippen molar-refractivity contribution in [1.29, 1.82) is 0 Å². The summed E-state index contributed by atoms with van der Waals surface area (Å²) in [6.45, 7) is 3.06. The minimum absolute atomic E-state index is 0.00934. The van der Waals surface area contributed by atoms with E-state index in [2.05, 4.69) is 0 Å². The molecule has 0 aliphatic carbocycles. The molecule has 1 aliphatic heterocycles. The second-order valence-corrected chi connectivity index (χ2v) is 4.06. The van der Waals surface area contributed by atoms with Gasteiger partial charge in [-0.3, -0.25) is 14.4 Å². The summed E-state index contributed by atoms with van der Waals surface area (Å²) >= 11 is 0. The van der Waals surface area contributed by atoms with Gasteiger partial charge in [0.15, 0.2) is 5.78 Å². The first-order chi connectivity index (χ1) is 7.47. The van der Waals surface area contributed by atoms with Crippen LogP contribution in [0.3, 0.4) is 0 Å². The van der Waals surface area contributed by atoms with Gasteiger partial charge in [-0.2, -0.15) is 0 Å². The number of amides is 1. The number of ketones is 2. The second kappa shape index (κ2) is 5.21. The molecule has 0 aromatic carbocycles. The monoisotopic (exact) mass is 227 g/mol. The highest BCUT2D eigenvalue weighted by atomic mass is 16.5. The van der Waals surface area contributed by atoms with Crippen LogP contribution >= 0.6 is 0 Å².